The smallest absolute Gasteiger partial charge is 0.410 e. The number of guanidine groups is 1. The van der Waals surface area contributed by atoms with Crippen LogP contribution in [0.15, 0.2) is 29.3 Å². The van der Waals surface area contributed by atoms with Gasteiger partial charge in [0.25, 0.3) is 0 Å². The highest BCUT2D eigenvalue weighted by Crippen LogP contribution is 2.15. The molecule has 0 radical (unpaired) electrons. The zero-order valence-electron chi connectivity index (χ0n) is 18.7. The van der Waals surface area contributed by atoms with Gasteiger partial charge in [-0.25, -0.2) is 9.79 Å². The summed E-state index contributed by atoms with van der Waals surface area (Å²) in [6.45, 7) is 10.0. The fourth-order valence-corrected chi connectivity index (χ4v) is 3.56. The molecule has 172 valence electrons. The number of likely N-dealkylation sites (tertiary alicyclic amines) is 1. The maximum Gasteiger partial charge on any atom is 0.410 e. The molecular formula is C22H34IN5O3. The van der Waals surface area contributed by atoms with Crippen LogP contribution in [-0.4, -0.2) is 71.0 Å². The third kappa shape index (κ3) is 7.55. The molecule has 1 aromatic carbocycles. The minimum absolute atomic E-state index is 0. The number of ether oxygens (including phenoxy) is 1. The largest absolute Gasteiger partial charge is 0.444 e. The van der Waals surface area contributed by atoms with Crippen molar-refractivity contribution >= 4 is 41.9 Å². The van der Waals surface area contributed by atoms with Crippen LogP contribution in [-0.2, 0) is 22.6 Å². The van der Waals surface area contributed by atoms with Gasteiger partial charge in [0.1, 0.15) is 5.60 Å². The Morgan fingerprint density at radius 3 is 2.16 bits per heavy atom. The van der Waals surface area contributed by atoms with E-state index < -0.39 is 5.60 Å². The zero-order valence-corrected chi connectivity index (χ0v) is 21.0. The van der Waals surface area contributed by atoms with Crippen molar-refractivity contribution in [1.82, 2.24) is 14.7 Å². The molecular weight excluding hydrogens is 509 g/mol. The summed E-state index contributed by atoms with van der Waals surface area (Å²) in [5.74, 6) is 0.730. The first-order chi connectivity index (χ1) is 14.2. The number of halogens is 1. The second kappa shape index (κ2) is 11.0. The van der Waals surface area contributed by atoms with Crippen molar-refractivity contribution in [2.45, 2.75) is 52.3 Å². The predicted octanol–water partition coefficient (Wildman–Crippen LogP) is 2.79. The average molecular weight is 543 g/mol. The topological polar surface area (TPSA) is 91.5 Å². The molecule has 2 aliphatic heterocycles. The number of carbonyl (C=O) groups excluding carboxylic acids is 2. The van der Waals surface area contributed by atoms with Gasteiger partial charge in [-0.05, 0) is 38.3 Å². The van der Waals surface area contributed by atoms with E-state index in [1.807, 2.05) is 54.8 Å². The molecule has 0 bridgehead atoms. The molecule has 0 unspecified atom stereocenters. The highest BCUT2D eigenvalue weighted by atomic mass is 127. The van der Waals surface area contributed by atoms with E-state index in [0.717, 1.165) is 24.1 Å². The molecule has 0 aromatic heterocycles. The van der Waals surface area contributed by atoms with Crippen LogP contribution in [0.2, 0.25) is 0 Å². The number of aliphatic imine (C=N–C) groups is 1. The van der Waals surface area contributed by atoms with Gasteiger partial charge < -0.3 is 25.2 Å². The van der Waals surface area contributed by atoms with Crippen molar-refractivity contribution in [1.29, 1.82) is 0 Å². The Hall–Kier alpha value is -2.04. The van der Waals surface area contributed by atoms with Crippen LogP contribution in [0, 0.1) is 0 Å². The standard InChI is InChI=1S/C22H33N5O3.HI/c1-22(2,3)30-21(29)26-13-11-25(12-14-26)20(23)24-15-17-6-8-18(9-7-17)16-27-10-4-5-19(27)28;/h6-9H,4-5,10-16H2,1-3H3,(H2,23,24);1H. The molecule has 3 rings (SSSR count). The summed E-state index contributed by atoms with van der Waals surface area (Å²) < 4.78 is 5.42. The van der Waals surface area contributed by atoms with Gasteiger partial charge in [-0.1, -0.05) is 24.3 Å². The van der Waals surface area contributed by atoms with E-state index in [1.165, 1.54) is 0 Å². The van der Waals surface area contributed by atoms with Gasteiger partial charge in [0.2, 0.25) is 5.91 Å². The van der Waals surface area contributed by atoms with Gasteiger partial charge in [-0.15, -0.1) is 24.0 Å². The Labute approximate surface area is 201 Å². The number of rotatable bonds is 4. The van der Waals surface area contributed by atoms with Gasteiger partial charge in [0, 0.05) is 45.7 Å². The molecule has 1 aromatic rings. The third-order valence-electron chi connectivity index (χ3n) is 5.25. The van der Waals surface area contributed by atoms with Crippen LogP contribution >= 0.6 is 24.0 Å². The van der Waals surface area contributed by atoms with Crippen LogP contribution in [0.3, 0.4) is 0 Å². The Balaban J connectivity index is 0.00000341. The van der Waals surface area contributed by atoms with Crippen LogP contribution in [0.25, 0.3) is 0 Å². The van der Waals surface area contributed by atoms with Crippen molar-refractivity contribution in [3.8, 4) is 0 Å². The normalized spacial score (nSPS) is 17.6. The summed E-state index contributed by atoms with van der Waals surface area (Å²) in [5.41, 5.74) is 7.88. The lowest BCUT2D eigenvalue weighted by Crippen LogP contribution is -2.53. The van der Waals surface area contributed by atoms with Gasteiger partial charge in [-0.2, -0.15) is 0 Å². The van der Waals surface area contributed by atoms with Crippen LogP contribution in [0.1, 0.15) is 44.7 Å². The van der Waals surface area contributed by atoms with Gasteiger partial charge >= 0.3 is 6.09 Å². The van der Waals surface area contributed by atoms with E-state index in [9.17, 15) is 9.59 Å². The van der Waals surface area contributed by atoms with Crippen molar-refractivity contribution in [3.05, 3.63) is 35.4 Å². The van der Waals surface area contributed by atoms with Crippen molar-refractivity contribution in [2.75, 3.05) is 32.7 Å². The van der Waals surface area contributed by atoms with E-state index in [2.05, 4.69) is 4.99 Å². The zero-order chi connectivity index (χ0) is 21.7. The lowest BCUT2D eigenvalue weighted by atomic mass is 10.1. The van der Waals surface area contributed by atoms with E-state index in [4.69, 9.17) is 10.5 Å². The molecule has 0 atom stereocenters. The fraction of sp³-hybridized carbons (Fsp3) is 0.591. The second-order valence-corrected chi connectivity index (χ2v) is 8.86. The van der Waals surface area contributed by atoms with Gasteiger partial charge in [0.15, 0.2) is 5.96 Å². The van der Waals surface area contributed by atoms with Crippen molar-refractivity contribution in [2.24, 2.45) is 10.7 Å². The summed E-state index contributed by atoms with van der Waals surface area (Å²) in [5, 5.41) is 0. The summed E-state index contributed by atoms with van der Waals surface area (Å²) >= 11 is 0. The number of hydrogen-bond donors (Lipinski definition) is 1. The highest BCUT2D eigenvalue weighted by Gasteiger charge is 2.26. The molecule has 2 aliphatic rings. The number of benzene rings is 1. The summed E-state index contributed by atoms with van der Waals surface area (Å²) in [6, 6.07) is 8.17. The molecule has 31 heavy (non-hydrogen) atoms. The minimum Gasteiger partial charge on any atom is -0.444 e. The number of carbonyl (C=O) groups is 2. The SMILES string of the molecule is CC(C)(C)OC(=O)N1CCN(C(N)=NCc2ccc(CN3CCCC3=O)cc2)CC1.I. The van der Waals surface area contributed by atoms with Crippen molar-refractivity contribution in [3.63, 3.8) is 0 Å². The number of hydrogen-bond acceptors (Lipinski definition) is 4. The second-order valence-electron chi connectivity index (χ2n) is 8.86. The van der Waals surface area contributed by atoms with Gasteiger partial charge in [-0.3, -0.25) is 4.79 Å². The van der Waals surface area contributed by atoms with Gasteiger partial charge in [0.05, 0.1) is 6.54 Å². The highest BCUT2D eigenvalue weighted by molar-refractivity contribution is 14.0. The molecule has 0 spiro atoms. The maximum absolute atomic E-state index is 12.2. The molecule has 9 heteroatoms. The lowest BCUT2D eigenvalue weighted by Gasteiger charge is -2.36. The Bertz CT molecular complexity index is 783. The Morgan fingerprint density at radius 2 is 1.61 bits per heavy atom. The quantitative estimate of drug-likeness (QED) is 0.359. The average Bonchev–Trinajstić information content (AvgIpc) is 3.10. The molecule has 8 nitrogen and oxygen atoms in total. The maximum atomic E-state index is 12.2. The molecule has 2 saturated heterocycles. The third-order valence-corrected chi connectivity index (χ3v) is 5.25. The van der Waals surface area contributed by atoms with Crippen LogP contribution in [0.4, 0.5) is 4.79 Å². The Morgan fingerprint density at radius 1 is 1.03 bits per heavy atom. The molecule has 0 saturated carbocycles. The first-order valence-corrected chi connectivity index (χ1v) is 10.6. The van der Waals surface area contributed by atoms with Crippen LogP contribution < -0.4 is 5.73 Å². The van der Waals surface area contributed by atoms with E-state index in [1.54, 1.807) is 4.90 Å². The summed E-state index contributed by atoms with van der Waals surface area (Å²) in [7, 11) is 0. The van der Waals surface area contributed by atoms with E-state index in [-0.39, 0.29) is 36.0 Å². The minimum atomic E-state index is -0.492. The summed E-state index contributed by atoms with van der Waals surface area (Å²) in [6.07, 6.45) is 1.34. The Kier molecular flexibility index (Phi) is 8.96. The van der Waals surface area contributed by atoms with E-state index in [0.29, 0.717) is 51.6 Å². The monoisotopic (exact) mass is 543 g/mol. The van der Waals surface area contributed by atoms with Crippen molar-refractivity contribution < 1.29 is 14.3 Å². The fourth-order valence-electron chi connectivity index (χ4n) is 3.56. The number of piperazine rings is 1. The number of amides is 2. The van der Waals surface area contributed by atoms with Crippen LogP contribution in [0.5, 0.6) is 0 Å². The first-order valence-electron chi connectivity index (χ1n) is 10.6. The first kappa shape index (κ1) is 25.2. The lowest BCUT2D eigenvalue weighted by molar-refractivity contribution is -0.128. The predicted molar refractivity (Wildman–Crippen MR) is 131 cm³/mol. The molecule has 2 N–H and O–H groups in total. The number of nitrogens with two attached hydrogens (primary N) is 1. The molecule has 2 heterocycles. The summed E-state index contributed by atoms with van der Waals surface area (Å²) in [4.78, 5) is 34.0. The molecule has 2 fully saturated rings. The molecule has 0 aliphatic carbocycles. The van der Waals surface area contributed by atoms with E-state index >= 15 is 0 Å². The number of nitrogens with zero attached hydrogens (tertiary/aromatic N) is 4. The molecule has 2 amide bonds.